The average Bonchev–Trinajstić information content (AvgIpc) is 2.67. The van der Waals surface area contributed by atoms with Gasteiger partial charge in [0.05, 0.1) is 19.2 Å². The van der Waals surface area contributed by atoms with Crippen molar-refractivity contribution in [2.24, 2.45) is 4.99 Å². The minimum Gasteiger partial charge on any atom is -0.469 e. The third-order valence-electron chi connectivity index (χ3n) is 3.62. The van der Waals surface area contributed by atoms with E-state index in [1.807, 2.05) is 60.7 Å². The monoisotopic (exact) mass is 379 g/mol. The molecule has 0 aliphatic heterocycles. The van der Waals surface area contributed by atoms with E-state index in [1.165, 1.54) is 13.2 Å². The molecule has 0 aliphatic carbocycles. The van der Waals surface area contributed by atoms with Gasteiger partial charge in [-0.1, -0.05) is 60.7 Å². The summed E-state index contributed by atoms with van der Waals surface area (Å²) >= 11 is 0. The molecule has 0 unspecified atom stereocenters. The molecular weight excluding hydrogens is 354 g/mol. The fraction of sp³-hybridized carbons (Fsp3) is 0.261. The van der Waals surface area contributed by atoms with Gasteiger partial charge in [-0.05, 0) is 26.8 Å². The number of nitrogens with zero attached hydrogens (tertiary/aromatic N) is 1. The molecule has 0 bridgehead atoms. The first-order chi connectivity index (χ1) is 13.3. The van der Waals surface area contributed by atoms with Gasteiger partial charge in [-0.2, -0.15) is 0 Å². The molecule has 0 atom stereocenters. The van der Waals surface area contributed by atoms with Crippen molar-refractivity contribution in [3.8, 4) is 0 Å². The molecule has 0 N–H and O–H groups in total. The smallest absolute Gasteiger partial charge is 0.357 e. The van der Waals surface area contributed by atoms with E-state index in [9.17, 15) is 9.59 Å². The van der Waals surface area contributed by atoms with E-state index in [4.69, 9.17) is 4.74 Å². The molecule has 0 radical (unpaired) electrons. The van der Waals surface area contributed by atoms with Gasteiger partial charge in [0.15, 0.2) is 0 Å². The Kier molecular flexibility index (Phi) is 7.27. The van der Waals surface area contributed by atoms with E-state index in [1.54, 1.807) is 20.8 Å². The van der Waals surface area contributed by atoms with Crippen LogP contribution in [0.15, 0.2) is 77.4 Å². The molecule has 2 aromatic rings. The van der Waals surface area contributed by atoms with Crippen LogP contribution in [0.25, 0.3) is 0 Å². The first-order valence-corrected chi connectivity index (χ1v) is 9.00. The van der Waals surface area contributed by atoms with Crippen LogP contribution in [-0.4, -0.2) is 30.4 Å². The maximum absolute atomic E-state index is 12.7. The zero-order chi connectivity index (χ0) is 20.6. The van der Waals surface area contributed by atoms with Crippen molar-refractivity contribution in [2.75, 3.05) is 7.11 Å². The van der Waals surface area contributed by atoms with Crippen LogP contribution in [0.1, 0.15) is 38.3 Å². The number of aliphatic imine (C=N–C) groups is 1. The third kappa shape index (κ3) is 6.50. The van der Waals surface area contributed by atoms with Crippen LogP contribution < -0.4 is 0 Å². The number of carbonyl (C=O) groups excluding carboxylic acids is 2. The summed E-state index contributed by atoms with van der Waals surface area (Å²) in [4.78, 5) is 28.9. The van der Waals surface area contributed by atoms with Crippen molar-refractivity contribution in [3.05, 3.63) is 83.6 Å². The van der Waals surface area contributed by atoms with Crippen LogP contribution in [-0.2, 0) is 19.1 Å². The fourth-order valence-electron chi connectivity index (χ4n) is 2.38. The molecule has 0 spiro atoms. The molecule has 0 saturated heterocycles. The topological polar surface area (TPSA) is 65.0 Å². The average molecular weight is 379 g/mol. The molecule has 0 saturated carbocycles. The highest BCUT2D eigenvalue weighted by molar-refractivity contribution is 6.14. The number of hydrogen-bond donors (Lipinski definition) is 0. The van der Waals surface area contributed by atoms with Gasteiger partial charge in [0.1, 0.15) is 11.3 Å². The lowest BCUT2D eigenvalue weighted by molar-refractivity contribution is -0.149. The highest BCUT2D eigenvalue weighted by Crippen LogP contribution is 2.17. The lowest BCUT2D eigenvalue weighted by Crippen LogP contribution is -2.25. The van der Waals surface area contributed by atoms with Gasteiger partial charge in [-0.15, -0.1) is 0 Å². The second-order valence-electron chi connectivity index (χ2n) is 7.06. The largest absolute Gasteiger partial charge is 0.469 e. The molecular formula is C23H25NO4. The number of esters is 2. The number of methoxy groups -OCH3 is 1. The second-order valence-corrected chi connectivity index (χ2v) is 7.06. The van der Waals surface area contributed by atoms with Crippen molar-refractivity contribution in [1.29, 1.82) is 0 Å². The van der Waals surface area contributed by atoms with Crippen LogP contribution in [0.4, 0.5) is 0 Å². The Hall–Kier alpha value is -3.21. The molecule has 28 heavy (non-hydrogen) atoms. The number of hydrogen-bond acceptors (Lipinski definition) is 5. The zero-order valence-corrected chi connectivity index (χ0v) is 16.6. The van der Waals surface area contributed by atoms with Crippen LogP contribution in [0.3, 0.4) is 0 Å². The van der Waals surface area contributed by atoms with Gasteiger partial charge < -0.3 is 9.47 Å². The minimum absolute atomic E-state index is 0.0584. The van der Waals surface area contributed by atoms with E-state index >= 15 is 0 Å². The summed E-state index contributed by atoms with van der Waals surface area (Å²) in [5.74, 6) is -1.06. The van der Waals surface area contributed by atoms with Gasteiger partial charge in [0.25, 0.3) is 0 Å². The van der Waals surface area contributed by atoms with Gasteiger partial charge in [0.2, 0.25) is 0 Å². The molecule has 0 fully saturated rings. The fourth-order valence-corrected chi connectivity index (χ4v) is 2.38. The zero-order valence-electron chi connectivity index (χ0n) is 16.6. The van der Waals surface area contributed by atoms with E-state index in [0.29, 0.717) is 5.71 Å². The minimum atomic E-state index is -0.684. The summed E-state index contributed by atoms with van der Waals surface area (Å²) in [6.07, 6.45) is 1.36. The quantitative estimate of drug-likeness (QED) is 0.426. The molecule has 0 aliphatic rings. The van der Waals surface area contributed by atoms with Crippen molar-refractivity contribution < 1.29 is 19.1 Å². The Morgan fingerprint density at radius 2 is 1.43 bits per heavy atom. The molecule has 5 heteroatoms. The van der Waals surface area contributed by atoms with E-state index in [0.717, 1.165) is 11.1 Å². The van der Waals surface area contributed by atoms with Crippen LogP contribution in [0, 0.1) is 0 Å². The molecule has 0 heterocycles. The predicted molar refractivity (Wildman–Crippen MR) is 109 cm³/mol. The van der Waals surface area contributed by atoms with Crippen LogP contribution >= 0.6 is 0 Å². The summed E-state index contributed by atoms with van der Waals surface area (Å²) in [6.45, 7) is 5.34. The molecule has 2 rings (SSSR count). The number of carbonyl (C=O) groups is 2. The highest BCUT2D eigenvalue weighted by Gasteiger charge is 2.21. The van der Waals surface area contributed by atoms with E-state index < -0.39 is 17.5 Å². The standard InChI is InChI=1S/C23H25NO4/c1-23(2,3)28-22(26)19(15-16-20(25)27-4)24-21(17-11-7-5-8-12-17)18-13-9-6-10-14-18/h5-15H,16H2,1-4H3. The summed E-state index contributed by atoms with van der Waals surface area (Å²) in [7, 11) is 1.30. The third-order valence-corrected chi connectivity index (χ3v) is 3.62. The van der Waals surface area contributed by atoms with Gasteiger partial charge in [-0.25, -0.2) is 9.79 Å². The number of benzene rings is 2. The van der Waals surface area contributed by atoms with Gasteiger partial charge in [0, 0.05) is 11.1 Å². The van der Waals surface area contributed by atoms with E-state index in [-0.39, 0.29) is 12.1 Å². The SMILES string of the molecule is COC(=O)CC=C(N=C(c1ccccc1)c1ccccc1)C(=O)OC(C)(C)C. The molecule has 0 aromatic heterocycles. The summed E-state index contributed by atoms with van der Waals surface area (Å²) in [6, 6.07) is 19.1. The summed E-state index contributed by atoms with van der Waals surface area (Å²) in [5, 5.41) is 0. The summed E-state index contributed by atoms with van der Waals surface area (Å²) in [5.41, 5.74) is 1.69. The second kappa shape index (κ2) is 9.65. The van der Waals surface area contributed by atoms with E-state index in [2.05, 4.69) is 9.73 Å². The van der Waals surface area contributed by atoms with Crippen molar-refractivity contribution in [2.45, 2.75) is 32.8 Å². The Bertz CT molecular complexity index is 821. The van der Waals surface area contributed by atoms with Crippen molar-refractivity contribution in [1.82, 2.24) is 0 Å². The van der Waals surface area contributed by atoms with Crippen molar-refractivity contribution >= 4 is 17.7 Å². The highest BCUT2D eigenvalue weighted by atomic mass is 16.6. The summed E-state index contributed by atoms with van der Waals surface area (Å²) < 4.78 is 10.1. The predicted octanol–water partition coefficient (Wildman–Crippen LogP) is 4.31. The first-order valence-electron chi connectivity index (χ1n) is 9.00. The molecule has 2 aromatic carbocycles. The lowest BCUT2D eigenvalue weighted by Gasteiger charge is -2.20. The normalized spacial score (nSPS) is 11.5. The maximum Gasteiger partial charge on any atom is 0.357 e. The number of rotatable bonds is 6. The molecule has 0 amide bonds. The van der Waals surface area contributed by atoms with Crippen LogP contribution in [0.2, 0.25) is 0 Å². The van der Waals surface area contributed by atoms with Crippen molar-refractivity contribution in [3.63, 3.8) is 0 Å². The lowest BCUT2D eigenvalue weighted by atomic mass is 10.0. The van der Waals surface area contributed by atoms with Crippen LogP contribution in [0.5, 0.6) is 0 Å². The molecule has 146 valence electrons. The molecule has 5 nitrogen and oxygen atoms in total. The van der Waals surface area contributed by atoms with Gasteiger partial charge in [-0.3, -0.25) is 4.79 Å². The Morgan fingerprint density at radius 3 is 1.86 bits per heavy atom. The Balaban J connectivity index is 2.54. The first kappa shape index (κ1) is 21.1. The Labute approximate surface area is 165 Å². The Morgan fingerprint density at radius 1 is 0.929 bits per heavy atom. The number of ether oxygens (including phenoxy) is 2. The van der Waals surface area contributed by atoms with Gasteiger partial charge >= 0.3 is 11.9 Å². The maximum atomic E-state index is 12.7.